The average Bonchev–Trinajstić information content (AvgIpc) is 3.14. The third-order valence-corrected chi connectivity index (χ3v) is 3.73. The van der Waals surface area contributed by atoms with Crippen molar-refractivity contribution in [3.63, 3.8) is 0 Å². The van der Waals surface area contributed by atoms with Gasteiger partial charge >= 0.3 is 0 Å². The summed E-state index contributed by atoms with van der Waals surface area (Å²) in [6.45, 7) is 1.73. The number of amides is 1. The van der Waals surface area contributed by atoms with Crippen LogP contribution in [0.5, 0.6) is 0 Å². The van der Waals surface area contributed by atoms with Crippen LogP contribution in [0.1, 0.15) is 29.2 Å². The van der Waals surface area contributed by atoms with Gasteiger partial charge in [-0.15, -0.1) is 3.89 Å². The number of carbonyl (C=O) groups is 1. The molecule has 0 aromatic carbocycles. The smallest absolute Gasteiger partial charge is 0.255 e. The first-order valence-corrected chi connectivity index (χ1v) is 7.59. The van der Waals surface area contributed by atoms with Crippen LogP contribution < -0.4 is 5.32 Å². The number of oxazole rings is 1. The number of halogens is 2. The SMILES string of the molecule is CC(NC(=O)c1cn(SF)c2ncc(Br)nc12)c1ncco1. The highest BCUT2D eigenvalue weighted by Crippen LogP contribution is 2.24. The Morgan fingerprint density at radius 3 is 3.05 bits per heavy atom. The van der Waals surface area contributed by atoms with E-state index >= 15 is 0 Å². The van der Waals surface area contributed by atoms with Crippen molar-refractivity contribution in [2.24, 2.45) is 0 Å². The highest BCUT2D eigenvalue weighted by molar-refractivity contribution is 9.10. The molecule has 10 heteroatoms. The fraction of sp³-hybridized carbons (Fsp3) is 0.167. The Bertz CT molecular complexity index is 822. The number of fused-ring (bicyclic) bond motifs is 1. The van der Waals surface area contributed by atoms with Crippen molar-refractivity contribution in [3.8, 4) is 0 Å². The molecule has 22 heavy (non-hydrogen) atoms. The van der Waals surface area contributed by atoms with Crippen LogP contribution in [0, 0.1) is 0 Å². The van der Waals surface area contributed by atoms with Gasteiger partial charge in [-0.3, -0.25) is 4.79 Å². The number of aromatic nitrogens is 4. The Labute approximate surface area is 136 Å². The lowest BCUT2D eigenvalue weighted by atomic mass is 10.2. The summed E-state index contributed by atoms with van der Waals surface area (Å²) in [6, 6.07) is -0.431. The minimum absolute atomic E-state index is 0.0530. The van der Waals surface area contributed by atoms with Crippen molar-refractivity contribution in [1.29, 1.82) is 0 Å². The summed E-state index contributed by atoms with van der Waals surface area (Å²) in [4.78, 5) is 24.6. The van der Waals surface area contributed by atoms with Crippen LogP contribution in [-0.2, 0) is 0 Å². The first-order valence-electron chi connectivity index (χ1n) is 6.13. The van der Waals surface area contributed by atoms with Gasteiger partial charge in [0.05, 0.1) is 18.0 Å². The maximum atomic E-state index is 13.0. The van der Waals surface area contributed by atoms with E-state index in [1.807, 2.05) is 0 Å². The van der Waals surface area contributed by atoms with Gasteiger partial charge < -0.3 is 9.73 Å². The monoisotopic (exact) mass is 385 g/mol. The van der Waals surface area contributed by atoms with Crippen LogP contribution >= 0.6 is 28.3 Å². The number of hydrogen-bond acceptors (Lipinski definition) is 6. The predicted octanol–water partition coefficient (Wildman–Crippen LogP) is 3.05. The van der Waals surface area contributed by atoms with Crippen LogP contribution in [-0.4, -0.2) is 24.8 Å². The molecule has 0 aliphatic heterocycles. The molecule has 1 amide bonds. The van der Waals surface area contributed by atoms with E-state index in [1.165, 1.54) is 24.9 Å². The highest BCUT2D eigenvalue weighted by atomic mass is 79.9. The molecule has 0 aliphatic rings. The van der Waals surface area contributed by atoms with Crippen molar-refractivity contribution < 1.29 is 13.1 Å². The third-order valence-electron chi connectivity index (χ3n) is 2.92. The molecule has 0 saturated carbocycles. The van der Waals surface area contributed by atoms with Crippen LogP contribution in [0.2, 0.25) is 0 Å². The normalized spacial score (nSPS) is 12.5. The predicted molar refractivity (Wildman–Crippen MR) is 81.7 cm³/mol. The van der Waals surface area contributed by atoms with Crippen molar-refractivity contribution >= 4 is 45.3 Å². The van der Waals surface area contributed by atoms with E-state index in [4.69, 9.17) is 4.42 Å². The van der Waals surface area contributed by atoms with E-state index in [0.717, 1.165) is 3.97 Å². The number of rotatable bonds is 4. The molecular formula is C12H9BrFN5O2S. The van der Waals surface area contributed by atoms with Crippen molar-refractivity contribution in [2.75, 3.05) is 0 Å². The molecule has 3 aromatic heterocycles. The fourth-order valence-electron chi connectivity index (χ4n) is 1.95. The molecule has 3 aromatic rings. The van der Waals surface area contributed by atoms with E-state index in [9.17, 15) is 8.68 Å². The molecule has 3 heterocycles. The van der Waals surface area contributed by atoms with E-state index < -0.39 is 11.9 Å². The number of hydrogen-bond donors (Lipinski definition) is 1. The summed E-state index contributed by atoms with van der Waals surface area (Å²) in [6.07, 6.45) is 5.70. The Balaban J connectivity index is 1.95. The number of carbonyl (C=O) groups excluding carboxylic acids is 1. The van der Waals surface area contributed by atoms with Crippen molar-refractivity contribution in [3.05, 3.63) is 40.9 Å². The molecule has 0 aliphatic carbocycles. The standard InChI is InChI=1S/C12H9BrFN5O2S/c1-6(12-15-2-3-21-12)17-11(20)7-5-19(22-14)10-9(7)18-8(13)4-16-10/h2-6H,1H3,(H,17,20). The molecule has 0 bridgehead atoms. The molecule has 3 rings (SSSR count). The van der Waals surface area contributed by atoms with Gasteiger partial charge in [-0.25, -0.2) is 18.9 Å². The van der Waals surface area contributed by atoms with Gasteiger partial charge in [0, 0.05) is 6.20 Å². The zero-order valence-electron chi connectivity index (χ0n) is 11.2. The zero-order valence-corrected chi connectivity index (χ0v) is 13.6. The lowest BCUT2D eigenvalue weighted by Gasteiger charge is -2.09. The Kier molecular flexibility index (Phi) is 4.12. The van der Waals surface area contributed by atoms with Gasteiger partial charge in [0.1, 0.15) is 22.4 Å². The zero-order chi connectivity index (χ0) is 15.7. The molecule has 1 atom stereocenters. The van der Waals surface area contributed by atoms with E-state index in [1.54, 1.807) is 6.92 Å². The molecule has 1 N–H and O–H groups in total. The lowest BCUT2D eigenvalue weighted by Crippen LogP contribution is -2.26. The number of nitrogens with zero attached hydrogens (tertiary/aromatic N) is 4. The van der Waals surface area contributed by atoms with Crippen LogP contribution in [0.15, 0.2) is 33.9 Å². The Morgan fingerprint density at radius 2 is 2.36 bits per heavy atom. The molecule has 7 nitrogen and oxygen atoms in total. The third kappa shape index (κ3) is 2.71. The second-order valence-electron chi connectivity index (χ2n) is 4.37. The molecule has 1 unspecified atom stereocenters. The molecule has 0 saturated heterocycles. The molecule has 114 valence electrons. The number of nitrogens with one attached hydrogen (secondary N) is 1. The molecular weight excluding hydrogens is 377 g/mol. The van der Waals surface area contributed by atoms with Crippen LogP contribution in [0.3, 0.4) is 0 Å². The van der Waals surface area contributed by atoms with Crippen molar-refractivity contribution in [2.45, 2.75) is 13.0 Å². The van der Waals surface area contributed by atoms with Crippen molar-refractivity contribution in [1.82, 2.24) is 24.2 Å². The highest BCUT2D eigenvalue weighted by Gasteiger charge is 2.21. The maximum absolute atomic E-state index is 13.0. The largest absolute Gasteiger partial charge is 0.447 e. The van der Waals surface area contributed by atoms with Crippen LogP contribution in [0.25, 0.3) is 11.2 Å². The summed E-state index contributed by atoms with van der Waals surface area (Å²) < 4.78 is 19.7. The van der Waals surface area contributed by atoms with E-state index in [-0.39, 0.29) is 23.5 Å². The fourth-order valence-corrected chi connectivity index (χ4v) is 2.57. The summed E-state index contributed by atoms with van der Waals surface area (Å²) in [7, 11) is 0. The second kappa shape index (κ2) is 6.05. The minimum atomic E-state index is -0.431. The van der Waals surface area contributed by atoms with Gasteiger partial charge in [-0.1, -0.05) is 0 Å². The van der Waals surface area contributed by atoms with Gasteiger partial charge in [0.25, 0.3) is 5.91 Å². The maximum Gasteiger partial charge on any atom is 0.255 e. The van der Waals surface area contributed by atoms with E-state index in [2.05, 4.69) is 36.2 Å². The first kappa shape index (κ1) is 15.0. The van der Waals surface area contributed by atoms with Crippen LogP contribution in [0.4, 0.5) is 3.89 Å². The van der Waals surface area contributed by atoms with Gasteiger partial charge in [0.15, 0.2) is 18.0 Å². The summed E-state index contributed by atoms with van der Waals surface area (Å²) >= 11 is 3.14. The lowest BCUT2D eigenvalue weighted by molar-refractivity contribution is 0.0935. The summed E-state index contributed by atoms with van der Waals surface area (Å²) in [5.41, 5.74) is 0.786. The van der Waals surface area contributed by atoms with Gasteiger partial charge in [-0.2, -0.15) is 0 Å². The van der Waals surface area contributed by atoms with Gasteiger partial charge in [-0.05, 0) is 22.9 Å². The summed E-state index contributed by atoms with van der Waals surface area (Å²) in [5.74, 6) is -0.0416. The molecule has 0 fully saturated rings. The quantitative estimate of drug-likeness (QED) is 0.742. The summed E-state index contributed by atoms with van der Waals surface area (Å²) in [5, 5.41) is 2.72. The van der Waals surface area contributed by atoms with E-state index in [0.29, 0.717) is 16.0 Å². The average molecular weight is 386 g/mol. The Morgan fingerprint density at radius 1 is 1.55 bits per heavy atom. The topological polar surface area (TPSA) is 85.8 Å². The van der Waals surface area contributed by atoms with Gasteiger partial charge in [0.2, 0.25) is 5.89 Å². The molecule has 0 radical (unpaired) electrons. The molecule has 0 spiro atoms. The Hall–Kier alpha value is -1.94. The first-order chi connectivity index (χ1) is 10.6. The minimum Gasteiger partial charge on any atom is -0.447 e. The second-order valence-corrected chi connectivity index (χ2v) is 5.71.